The van der Waals surface area contributed by atoms with Gasteiger partial charge in [-0.05, 0) is 25.7 Å². The van der Waals surface area contributed by atoms with E-state index in [-0.39, 0.29) is 17.6 Å². The fraction of sp³-hybridized carbons (Fsp3) is 0.538. The van der Waals surface area contributed by atoms with Crippen LogP contribution in [0.3, 0.4) is 0 Å². The second kappa shape index (κ2) is 5.57. The Morgan fingerprint density at radius 2 is 2.30 bits per heavy atom. The van der Waals surface area contributed by atoms with Crippen LogP contribution < -0.4 is 0 Å². The lowest BCUT2D eigenvalue weighted by Gasteiger charge is -2.30. The number of aromatic nitrogens is 2. The number of halogens is 3. The summed E-state index contributed by atoms with van der Waals surface area (Å²) in [5.41, 5.74) is -0.857. The van der Waals surface area contributed by atoms with Gasteiger partial charge in [0.1, 0.15) is 11.5 Å². The smallest absolute Gasteiger partial charge is 0.338 e. The first kappa shape index (κ1) is 14.4. The van der Waals surface area contributed by atoms with Crippen LogP contribution in [0.1, 0.15) is 37.2 Å². The summed E-state index contributed by atoms with van der Waals surface area (Å²) >= 11 is 0. The number of alkyl halides is 3. The molecule has 0 radical (unpaired) electrons. The first-order chi connectivity index (χ1) is 9.41. The van der Waals surface area contributed by atoms with E-state index >= 15 is 0 Å². The summed E-state index contributed by atoms with van der Waals surface area (Å²) < 4.78 is 37.6. The Labute approximate surface area is 114 Å². The molecule has 0 aliphatic carbocycles. The number of amides is 1. The summed E-state index contributed by atoms with van der Waals surface area (Å²) in [4.78, 5) is 19.3. The lowest BCUT2D eigenvalue weighted by Crippen LogP contribution is -2.38. The van der Waals surface area contributed by atoms with E-state index in [4.69, 9.17) is 0 Å². The molecule has 0 spiro atoms. The molecule has 1 aliphatic heterocycles. The number of nitrogens with zero attached hydrogens (tertiary/aromatic N) is 2. The Balaban J connectivity index is 2.10. The van der Waals surface area contributed by atoms with Gasteiger partial charge in [0.2, 0.25) is 0 Å². The Morgan fingerprint density at radius 1 is 1.55 bits per heavy atom. The first-order valence-corrected chi connectivity index (χ1v) is 6.25. The highest BCUT2D eigenvalue weighted by Crippen LogP contribution is 2.30. The number of carbonyl (C=O) groups excluding carboxylic acids is 1. The van der Waals surface area contributed by atoms with Crippen molar-refractivity contribution in [3.63, 3.8) is 0 Å². The van der Waals surface area contributed by atoms with E-state index in [1.165, 1.54) is 0 Å². The van der Waals surface area contributed by atoms with E-state index in [1.54, 1.807) is 11.8 Å². The molecule has 1 unspecified atom stereocenters. The molecule has 1 N–H and O–H groups in total. The molecule has 1 aromatic heterocycles. The van der Waals surface area contributed by atoms with Gasteiger partial charge in [-0.15, -0.1) is 0 Å². The number of imidazole rings is 1. The SMILES string of the molecule is CC#CC(=O)N1CCCC(c2ncc(C(F)(F)F)[nH]2)C1. The zero-order chi connectivity index (χ0) is 14.8. The third-order valence-corrected chi connectivity index (χ3v) is 3.23. The molecular weight excluding hydrogens is 271 g/mol. The number of H-pyrrole nitrogens is 1. The van der Waals surface area contributed by atoms with Gasteiger partial charge in [0.25, 0.3) is 5.91 Å². The van der Waals surface area contributed by atoms with Gasteiger partial charge >= 0.3 is 6.18 Å². The van der Waals surface area contributed by atoms with Crippen molar-refractivity contribution in [3.05, 3.63) is 17.7 Å². The predicted molar refractivity (Wildman–Crippen MR) is 65.6 cm³/mol. The van der Waals surface area contributed by atoms with Crippen LogP contribution in [0.25, 0.3) is 0 Å². The first-order valence-electron chi connectivity index (χ1n) is 6.25. The Bertz CT molecular complexity index is 553. The van der Waals surface area contributed by atoms with Gasteiger partial charge in [0, 0.05) is 19.0 Å². The van der Waals surface area contributed by atoms with E-state index in [0.717, 1.165) is 12.6 Å². The van der Waals surface area contributed by atoms with Crippen molar-refractivity contribution in [3.8, 4) is 11.8 Å². The number of rotatable bonds is 1. The summed E-state index contributed by atoms with van der Waals surface area (Å²) in [6.07, 6.45) is -2.21. The second-order valence-electron chi connectivity index (χ2n) is 4.65. The standard InChI is InChI=1S/C13H14F3N3O/c1-2-4-11(20)19-6-3-5-9(8-19)12-17-7-10(18-12)13(14,15)16/h7,9H,3,5-6,8H2,1H3,(H,17,18). The fourth-order valence-electron chi connectivity index (χ4n) is 2.26. The summed E-state index contributed by atoms with van der Waals surface area (Å²) in [6.45, 7) is 2.50. The number of nitrogens with one attached hydrogen (secondary N) is 1. The molecule has 7 heteroatoms. The minimum Gasteiger partial charge on any atom is -0.338 e. The fourth-order valence-corrected chi connectivity index (χ4v) is 2.26. The van der Waals surface area contributed by atoms with E-state index in [9.17, 15) is 18.0 Å². The molecule has 0 bridgehead atoms. The average Bonchev–Trinajstić information content (AvgIpc) is 2.89. The van der Waals surface area contributed by atoms with Crippen molar-refractivity contribution in [1.82, 2.24) is 14.9 Å². The van der Waals surface area contributed by atoms with Gasteiger partial charge < -0.3 is 9.88 Å². The molecular formula is C13H14F3N3O. The minimum atomic E-state index is -4.43. The maximum atomic E-state index is 12.5. The highest BCUT2D eigenvalue weighted by molar-refractivity contribution is 5.93. The normalized spacial score (nSPS) is 19.4. The maximum absolute atomic E-state index is 12.5. The molecule has 20 heavy (non-hydrogen) atoms. The predicted octanol–water partition coefficient (Wildman–Crippen LogP) is 2.16. The summed E-state index contributed by atoms with van der Waals surface area (Å²) in [6, 6.07) is 0. The van der Waals surface area contributed by atoms with Crippen molar-refractivity contribution in [1.29, 1.82) is 0 Å². The van der Waals surface area contributed by atoms with Gasteiger partial charge in [-0.3, -0.25) is 4.79 Å². The molecule has 1 atom stereocenters. The lowest BCUT2D eigenvalue weighted by atomic mass is 9.97. The Morgan fingerprint density at radius 3 is 2.90 bits per heavy atom. The third kappa shape index (κ3) is 3.13. The highest BCUT2D eigenvalue weighted by Gasteiger charge is 2.34. The van der Waals surface area contributed by atoms with E-state index in [0.29, 0.717) is 19.5 Å². The van der Waals surface area contributed by atoms with Crippen LogP contribution >= 0.6 is 0 Å². The zero-order valence-corrected chi connectivity index (χ0v) is 10.9. The second-order valence-corrected chi connectivity index (χ2v) is 4.65. The highest BCUT2D eigenvalue weighted by atomic mass is 19.4. The molecule has 1 aromatic rings. The molecule has 108 valence electrons. The van der Waals surface area contributed by atoms with Crippen molar-refractivity contribution < 1.29 is 18.0 Å². The minimum absolute atomic E-state index is 0.206. The molecule has 2 heterocycles. The number of hydrogen-bond acceptors (Lipinski definition) is 2. The molecule has 1 amide bonds. The van der Waals surface area contributed by atoms with Gasteiger partial charge in [0.15, 0.2) is 0 Å². The van der Waals surface area contributed by atoms with Gasteiger partial charge in [-0.2, -0.15) is 13.2 Å². The van der Waals surface area contributed by atoms with Gasteiger partial charge in [-0.1, -0.05) is 5.92 Å². The number of aromatic amines is 1. The van der Waals surface area contributed by atoms with Gasteiger partial charge in [-0.25, -0.2) is 4.98 Å². The van der Waals surface area contributed by atoms with Crippen molar-refractivity contribution in [2.75, 3.05) is 13.1 Å². The van der Waals surface area contributed by atoms with Crippen LogP contribution in [-0.2, 0) is 11.0 Å². The van der Waals surface area contributed by atoms with Crippen LogP contribution in [0, 0.1) is 11.8 Å². The van der Waals surface area contributed by atoms with Crippen molar-refractivity contribution in [2.45, 2.75) is 31.9 Å². The molecule has 2 rings (SSSR count). The van der Waals surface area contributed by atoms with Crippen LogP contribution in [0.2, 0.25) is 0 Å². The Kier molecular flexibility index (Phi) is 4.02. The number of likely N-dealkylation sites (tertiary alicyclic amines) is 1. The lowest BCUT2D eigenvalue weighted by molar-refractivity contribution is -0.141. The number of carbonyl (C=O) groups is 1. The summed E-state index contributed by atoms with van der Waals surface area (Å²) in [5, 5.41) is 0. The Hall–Kier alpha value is -1.97. The summed E-state index contributed by atoms with van der Waals surface area (Å²) in [7, 11) is 0. The number of piperidine rings is 1. The molecule has 1 aliphatic rings. The monoisotopic (exact) mass is 285 g/mol. The number of hydrogen-bond donors (Lipinski definition) is 1. The van der Waals surface area contributed by atoms with E-state index < -0.39 is 11.9 Å². The van der Waals surface area contributed by atoms with Crippen molar-refractivity contribution >= 4 is 5.91 Å². The van der Waals surface area contributed by atoms with Gasteiger partial charge in [0.05, 0.1) is 6.20 Å². The maximum Gasteiger partial charge on any atom is 0.432 e. The van der Waals surface area contributed by atoms with E-state index in [2.05, 4.69) is 21.8 Å². The molecule has 1 fully saturated rings. The molecule has 0 saturated carbocycles. The quantitative estimate of drug-likeness (QED) is 0.804. The molecule has 1 saturated heterocycles. The van der Waals surface area contributed by atoms with Crippen LogP contribution in [0.5, 0.6) is 0 Å². The van der Waals surface area contributed by atoms with Crippen LogP contribution in [-0.4, -0.2) is 33.9 Å². The van der Waals surface area contributed by atoms with Crippen LogP contribution in [0.4, 0.5) is 13.2 Å². The third-order valence-electron chi connectivity index (χ3n) is 3.23. The zero-order valence-electron chi connectivity index (χ0n) is 10.9. The van der Waals surface area contributed by atoms with Crippen LogP contribution in [0.15, 0.2) is 6.20 Å². The molecule has 4 nitrogen and oxygen atoms in total. The topological polar surface area (TPSA) is 49.0 Å². The average molecular weight is 285 g/mol. The molecule has 0 aromatic carbocycles. The van der Waals surface area contributed by atoms with Crippen molar-refractivity contribution in [2.24, 2.45) is 0 Å². The van der Waals surface area contributed by atoms with E-state index in [1.807, 2.05) is 0 Å². The summed E-state index contributed by atoms with van der Waals surface area (Å²) in [5.74, 6) is 4.75. The largest absolute Gasteiger partial charge is 0.432 e.